The number of nitrogens with one attached hydrogen (secondary N) is 1. The van der Waals surface area contributed by atoms with Crippen LogP contribution < -0.4 is 10.1 Å². The van der Waals surface area contributed by atoms with E-state index in [1.165, 1.54) is 30.2 Å². The van der Waals surface area contributed by atoms with Crippen LogP contribution in [-0.4, -0.2) is 17.4 Å². The standard InChI is InChI=1S/C21H18ClFN2O2S/c22-15-3-1-2-14(8-15)11-27-16-6-7-17(18(23)9-16)21-25-19(12-28-21)20(26)24-10-13-4-5-13/h1-3,6-9,12-13H,4-5,10-11H2,(H,24,26). The third kappa shape index (κ3) is 4.69. The number of halogens is 2. The van der Waals surface area contributed by atoms with E-state index in [0.717, 1.165) is 5.56 Å². The molecule has 1 fully saturated rings. The first-order valence-electron chi connectivity index (χ1n) is 8.99. The van der Waals surface area contributed by atoms with Gasteiger partial charge in [0.05, 0.1) is 0 Å². The van der Waals surface area contributed by atoms with Crippen molar-refractivity contribution in [1.29, 1.82) is 0 Å². The zero-order valence-corrected chi connectivity index (χ0v) is 16.5. The van der Waals surface area contributed by atoms with Crippen molar-refractivity contribution in [2.24, 2.45) is 5.92 Å². The Morgan fingerprint density at radius 3 is 2.89 bits per heavy atom. The number of benzene rings is 2. The molecule has 3 aromatic rings. The van der Waals surface area contributed by atoms with Gasteiger partial charge >= 0.3 is 0 Å². The van der Waals surface area contributed by atoms with Gasteiger partial charge in [0.1, 0.15) is 28.9 Å². The average molecular weight is 417 g/mol. The maximum Gasteiger partial charge on any atom is 0.270 e. The van der Waals surface area contributed by atoms with Gasteiger partial charge in [-0.3, -0.25) is 4.79 Å². The monoisotopic (exact) mass is 416 g/mol. The van der Waals surface area contributed by atoms with Gasteiger partial charge in [0.15, 0.2) is 0 Å². The summed E-state index contributed by atoms with van der Waals surface area (Å²) in [6, 6.07) is 12.0. The predicted molar refractivity (Wildman–Crippen MR) is 108 cm³/mol. The van der Waals surface area contributed by atoms with E-state index in [2.05, 4.69) is 10.3 Å². The minimum atomic E-state index is -0.442. The molecule has 0 unspecified atom stereocenters. The Kier molecular flexibility index (Phi) is 5.59. The zero-order chi connectivity index (χ0) is 19.5. The molecule has 4 nitrogen and oxygen atoms in total. The molecule has 28 heavy (non-hydrogen) atoms. The Morgan fingerprint density at radius 2 is 2.14 bits per heavy atom. The molecule has 2 aromatic carbocycles. The van der Waals surface area contributed by atoms with E-state index in [1.54, 1.807) is 29.6 Å². The highest BCUT2D eigenvalue weighted by molar-refractivity contribution is 7.13. The van der Waals surface area contributed by atoms with Crippen LogP contribution in [0.2, 0.25) is 5.02 Å². The number of hydrogen-bond acceptors (Lipinski definition) is 4. The van der Waals surface area contributed by atoms with E-state index >= 15 is 0 Å². The first-order valence-corrected chi connectivity index (χ1v) is 10.2. The minimum absolute atomic E-state index is 0.212. The fraction of sp³-hybridized carbons (Fsp3) is 0.238. The molecule has 0 radical (unpaired) electrons. The average Bonchev–Trinajstić information content (AvgIpc) is 3.39. The van der Waals surface area contributed by atoms with Gasteiger partial charge < -0.3 is 10.1 Å². The van der Waals surface area contributed by atoms with Gasteiger partial charge in [-0.15, -0.1) is 11.3 Å². The second-order valence-electron chi connectivity index (χ2n) is 6.75. The van der Waals surface area contributed by atoms with Gasteiger partial charge in [0, 0.05) is 28.6 Å². The van der Waals surface area contributed by atoms with Crippen LogP contribution in [0.25, 0.3) is 10.6 Å². The van der Waals surface area contributed by atoms with Gasteiger partial charge in [0.25, 0.3) is 5.91 Å². The van der Waals surface area contributed by atoms with Crippen LogP contribution >= 0.6 is 22.9 Å². The highest BCUT2D eigenvalue weighted by Gasteiger charge is 2.22. The number of rotatable bonds is 7. The second-order valence-corrected chi connectivity index (χ2v) is 8.05. The summed E-state index contributed by atoms with van der Waals surface area (Å²) in [5.74, 6) is 0.360. The van der Waals surface area contributed by atoms with Crippen molar-refractivity contribution in [3.63, 3.8) is 0 Å². The van der Waals surface area contributed by atoms with E-state index in [0.29, 0.717) is 46.1 Å². The molecule has 7 heteroatoms. The fourth-order valence-corrected chi connectivity index (χ4v) is 3.74. The SMILES string of the molecule is O=C(NCC1CC1)c1csc(-c2ccc(OCc3cccc(Cl)c3)cc2F)n1. The Balaban J connectivity index is 1.42. The summed E-state index contributed by atoms with van der Waals surface area (Å²) in [6.45, 7) is 0.973. The number of carbonyl (C=O) groups is 1. The molecule has 0 atom stereocenters. The summed E-state index contributed by atoms with van der Waals surface area (Å²) in [5, 5.41) is 5.62. The second kappa shape index (κ2) is 8.29. The van der Waals surface area contributed by atoms with E-state index < -0.39 is 5.82 Å². The number of amides is 1. The van der Waals surface area contributed by atoms with Crippen LogP contribution in [0.1, 0.15) is 28.9 Å². The smallest absolute Gasteiger partial charge is 0.270 e. The highest BCUT2D eigenvalue weighted by atomic mass is 35.5. The fourth-order valence-electron chi connectivity index (χ4n) is 2.70. The molecule has 1 N–H and O–H groups in total. The topological polar surface area (TPSA) is 51.2 Å². The lowest BCUT2D eigenvalue weighted by atomic mass is 10.2. The summed E-state index contributed by atoms with van der Waals surface area (Å²) in [6.07, 6.45) is 2.33. The number of hydrogen-bond donors (Lipinski definition) is 1. The van der Waals surface area contributed by atoms with Crippen LogP contribution in [0.5, 0.6) is 5.75 Å². The first kappa shape index (κ1) is 18.9. The number of aromatic nitrogens is 1. The number of ether oxygens (including phenoxy) is 1. The Morgan fingerprint density at radius 1 is 1.29 bits per heavy atom. The van der Waals surface area contributed by atoms with Gasteiger partial charge in [0.2, 0.25) is 0 Å². The van der Waals surface area contributed by atoms with Crippen molar-refractivity contribution in [3.8, 4) is 16.3 Å². The zero-order valence-electron chi connectivity index (χ0n) is 15.0. The lowest BCUT2D eigenvalue weighted by Gasteiger charge is -2.08. The normalized spacial score (nSPS) is 13.4. The molecular weight excluding hydrogens is 399 g/mol. The molecule has 4 rings (SSSR count). The number of thiazole rings is 1. The van der Waals surface area contributed by atoms with Gasteiger partial charge in [-0.1, -0.05) is 23.7 Å². The van der Waals surface area contributed by atoms with E-state index in [9.17, 15) is 9.18 Å². The molecule has 1 aliphatic carbocycles. The van der Waals surface area contributed by atoms with Crippen molar-refractivity contribution in [1.82, 2.24) is 10.3 Å². The van der Waals surface area contributed by atoms with Crippen LogP contribution in [0.15, 0.2) is 47.8 Å². The number of nitrogens with zero attached hydrogens (tertiary/aromatic N) is 1. The highest BCUT2D eigenvalue weighted by Crippen LogP contribution is 2.30. The lowest BCUT2D eigenvalue weighted by Crippen LogP contribution is -2.25. The molecule has 1 saturated carbocycles. The third-order valence-electron chi connectivity index (χ3n) is 4.45. The maximum atomic E-state index is 14.6. The number of carbonyl (C=O) groups excluding carboxylic acids is 1. The predicted octanol–water partition coefficient (Wildman–Crippen LogP) is 5.32. The molecule has 0 aliphatic heterocycles. The van der Waals surface area contributed by atoms with Crippen molar-refractivity contribution in [2.75, 3.05) is 6.54 Å². The largest absolute Gasteiger partial charge is 0.489 e. The molecule has 1 aliphatic rings. The summed E-state index contributed by atoms with van der Waals surface area (Å²) < 4.78 is 20.2. The van der Waals surface area contributed by atoms with E-state index in [4.69, 9.17) is 16.3 Å². The van der Waals surface area contributed by atoms with Crippen molar-refractivity contribution in [3.05, 3.63) is 69.9 Å². The first-order chi connectivity index (χ1) is 13.6. The summed E-state index contributed by atoms with van der Waals surface area (Å²) in [7, 11) is 0. The van der Waals surface area contributed by atoms with Crippen molar-refractivity contribution in [2.45, 2.75) is 19.4 Å². The van der Waals surface area contributed by atoms with Crippen LogP contribution in [-0.2, 0) is 6.61 Å². The van der Waals surface area contributed by atoms with Crippen molar-refractivity contribution >= 4 is 28.8 Å². The van der Waals surface area contributed by atoms with Crippen LogP contribution in [0, 0.1) is 11.7 Å². The molecule has 1 amide bonds. The lowest BCUT2D eigenvalue weighted by molar-refractivity contribution is 0.0947. The van der Waals surface area contributed by atoms with Gasteiger partial charge in [-0.25, -0.2) is 9.37 Å². The Labute approximate surface area is 171 Å². The summed E-state index contributed by atoms with van der Waals surface area (Å²) >= 11 is 7.20. The van der Waals surface area contributed by atoms with Crippen LogP contribution in [0.3, 0.4) is 0 Å². The molecule has 0 spiro atoms. The molecule has 144 valence electrons. The molecule has 0 bridgehead atoms. The third-order valence-corrected chi connectivity index (χ3v) is 5.56. The van der Waals surface area contributed by atoms with Gasteiger partial charge in [-0.2, -0.15) is 0 Å². The summed E-state index contributed by atoms with van der Waals surface area (Å²) in [4.78, 5) is 16.4. The van der Waals surface area contributed by atoms with Crippen LogP contribution in [0.4, 0.5) is 4.39 Å². The molecule has 0 saturated heterocycles. The van der Waals surface area contributed by atoms with E-state index in [1.807, 2.05) is 12.1 Å². The molecule has 1 heterocycles. The quantitative estimate of drug-likeness (QED) is 0.567. The molecule has 1 aromatic heterocycles. The Bertz CT molecular complexity index is 1000. The Hall–Kier alpha value is -2.44. The minimum Gasteiger partial charge on any atom is -0.489 e. The van der Waals surface area contributed by atoms with Crippen molar-refractivity contribution < 1.29 is 13.9 Å². The maximum absolute atomic E-state index is 14.6. The van der Waals surface area contributed by atoms with Gasteiger partial charge in [-0.05, 0) is 48.6 Å². The van der Waals surface area contributed by atoms with E-state index in [-0.39, 0.29) is 5.91 Å². The summed E-state index contributed by atoms with van der Waals surface area (Å²) in [5.41, 5.74) is 1.57. The molecular formula is C21H18ClFN2O2S.